The summed E-state index contributed by atoms with van der Waals surface area (Å²) in [4.78, 5) is 4.00. The Balaban J connectivity index is 1.95. The molecule has 0 aliphatic rings. The van der Waals surface area contributed by atoms with Gasteiger partial charge in [0.2, 0.25) is 0 Å². The average Bonchev–Trinajstić information content (AvgIpc) is 2.49. The molecule has 2 N–H and O–H groups in total. The highest BCUT2D eigenvalue weighted by molar-refractivity contribution is 7.89. The molecule has 2 aromatic rings. The first-order chi connectivity index (χ1) is 10.1. The molecular formula is C15H19N3O2S. The van der Waals surface area contributed by atoms with Crippen LogP contribution in [0, 0.1) is 0 Å². The molecule has 0 amide bonds. The molecule has 21 heavy (non-hydrogen) atoms. The summed E-state index contributed by atoms with van der Waals surface area (Å²) in [6, 6.07) is 13.0. The van der Waals surface area contributed by atoms with Crippen molar-refractivity contribution in [2.45, 2.75) is 18.0 Å². The van der Waals surface area contributed by atoms with Crippen LogP contribution in [0.25, 0.3) is 0 Å². The predicted octanol–water partition coefficient (Wildman–Crippen LogP) is 1.32. The van der Waals surface area contributed by atoms with Gasteiger partial charge < -0.3 is 5.32 Å². The Bertz CT molecular complexity index is 655. The number of rotatable bonds is 7. The lowest BCUT2D eigenvalue weighted by Crippen LogP contribution is -2.26. The molecule has 0 fully saturated rings. The van der Waals surface area contributed by atoms with Gasteiger partial charge in [0.15, 0.2) is 5.03 Å². The Hall–Kier alpha value is -1.76. The molecular weight excluding hydrogens is 286 g/mol. The molecule has 1 aromatic carbocycles. The van der Waals surface area contributed by atoms with Crippen LogP contribution in [0.1, 0.15) is 11.1 Å². The van der Waals surface area contributed by atoms with E-state index >= 15 is 0 Å². The van der Waals surface area contributed by atoms with Crippen molar-refractivity contribution in [1.29, 1.82) is 0 Å². The van der Waals surface area contributed by atoms with Gasteiger partial charge in [0, 0.05) is 19.3 Å². The summed E-state index contributed by atoms with van der Waals surface area (Å²) in [6.45, 7) is 1.01. The first-order valence-corrected chi connectivity index (χ1v) is 8.23. The number of hydrogen-bond donors (Lipinski definition) is 2. The number of sulfonamides is 1. The van der Waals surface area contributed by atoms with E-state index in [4.69, 9.17) is 0 Å². The molecule has 1 heterocycles. The fourth-order valence-electron chi connectivity index (χ4n) is 1.93. The van der Waals surface area contributed by atoms with Crippen molar-refractivity contribution in [3.63, 3.8) is 0 Å². The second-order valence-corrected chi connectivity index (χ2v) is 6.38. The fourth-order valence-corrected chi connectivity index (χ4v) is 2.88. The molecule has 0 saturated heterocycles. The highest BCUT2D eigenvalue weighted by Gasteiger charge is 2.14. The summed E-state index contributed by atoms with van der Waals surface area (Å²) < 4.78 is 26.8. The monoisotopic (exact) mass is 305 g/mol. The van der Waals surface area contributed by atoms with Gasteiger partial charge in [-0.05, 0) is 30.7 Å². The summed E-state index contributed by atoms with van der Waals surface area (Å²) in [5.41, 5.74) is 2.04. The highest BCUT2D eigenvalue weighted by Crippen LogP contribution is 2.07. The van der Waals surface area contributed by atoms with Gasteiger partial charge in [-0.2, -0.15) is 0 Å². The van der Waals surface area contributed by atoms with Crippen molar-refractivity contribution in [2.75, 3.05) is 13.6 Å². The van der Waals surface area contributed by atoms with Crippen molar-refractivity contribution in [3.8, 4) is 0 Å². The third-order valence-electron chi connectivity index (χ3n) is 3.00. The van der Waals surface area contributed by atoms with Crippen molar-refractivity contribution in [3.05, 3.63) is 59.8 Å². The zero-order valence-electron chi connectivity index (χ0n) is 11.9. The van der Waals surface area contributed by atoms with Crippen LogP contribution in [-0.4, -0.2) is 27.0 Å². The van der Waals surface area contributed by atoms with E-state index in [2.05, 4.69) is 15.0 Å². The summed E-state index contributed by atoms with van der Waals surface area (Å²) in [7, 11) is -1.71. The van der Waals surface area contributed by atoms with Gasteiger partial charge in [-0.25, -0.2) is 18.1 Å². The van der Waals surface area contributed by atoms with Crippen LogP contribution in [0.5, 0.6) is 0 Å². The topological polar surface area (TPSA) is 71.1 Å². The predicted molar refractivity (Wildman–Crippen MR) is 82.3 cm³/mol. The Kier molecular flexibility index (Phi) is 5.44. The van der Waals surface area contributed by atoms with Crippen molar-refractivity contribution < 1.29 is 8.42 Å². The van der Waals surface area contributed by atoms with Gasteiger partial charge in [-0.3, -0.25) is 0 Å². The lowest BCUT2D eigenvalue weighted by Gasteiger charge is -2.07. The van der Waals surface area contributed by atoms with E-state index in [1.807, 2.05) is 37.4 Å². The third kappa shape index (κ3) is 4.63. The summed E-state index contributed by atoms with van der Waals surface area (Å²) in [5, 5.41) is 3.04. The van der Waals surface area contributed by atoms with E-state index in [0.717, 1.165) is 11.1 Å². The average molecular weight is 305 g/mol. The second kappa shape index (κ2) is 7.31. The number of pyridine rings is 1. The van der Waals surface area contributed by atoms with E-state index < -0.39 is 10.0 Å². The Morgan fingerprint density at radius 1 is 1.05 bits per heavy atom. The van der Waals surface area contributed by atoms with Crippen LogP contribution in [0.15, 0.2) is 53.7 Å². The standard InChI is InChI=1S/C15H19N3O2S/c1-16-11-14-7-8-15(17-12-14)21(19,20)18-10-9-13-5-3-2-4-6-13/h2-8,12,16,18H,9-11H2,1H3. The minimum Gasteiger partial charge on any atom is -0.316 e. The molecule has 0 unspecified atom stereocenters. The maximum absolute atomic E-state index is 12.1. The van der Waals surface area contributed by atoms with Crippen LogP contribution in [-0.2, 0) is 23.0 Å². The summed E-state index contributed by atoms with van der Waals surface area (Å²) in [5.74, 6) is 0. The smallest absolute Gasteiger partial charge is 0.258 e. The summed E-state index contributed by atoms with van der Waals surface area (Å²) >= 11 is 0. The number of aromatic nitrogens is 1. The summed E-state index contributed by atoms with van der Waals surface area (Å²) in [6.07, 6.45) is 2.22. The van der Waals surface area contributed by atoms with Crippen LogP contribution in [0.2, 0.25) is 0 Å². The van der Waals surface area contributed by atoms with Gasteiger partial charge >= 0.3 is 0 Å². The lowest BCUT2D eigenvalue weighted by molar-refractivity contribution is 0.577. The van der Waals surface area contributed by atoms with Gasteiger partial charge in [0.25, 0.3) is 10.0 Å². The number of nitrogens with one attached hydrogen (secondary N) is 2. The molecule has 0 bridgehead atoms. The number of benzene rings is 1. The Morgan fingerprint density at radius 3 is 2.43 bits per heavy atom. The maximum atomic E-state index is 12.1. The van der Waals surface area contributed by atoms with Crippen molar-refractivity contribution >= 4 is 10.0 Å². The fraction of sp³-hybridized carbons (Fsp3) is 0.267. The first-order valence-electron chi connectivity index (χ1n) is 6.75. The molecule has 112 valence electrons. The maximum Gasteiger partial charge on any atom is 0.258 e. The van der Waals surface area contributed by atoms with Crippen LogP contribution in [0.4, 0.5) is 0 Å². The van der Waals surface area contributed by atoms with Gasteiger partial charge in [-0.1, -0.05) is 36.4 Å². The van der Waals surface area contributed by atoms with E-state index in [1.54, 1.807) is 12.3 Å². The molecule has 0 spiro atoms. The minimum atomic E-state index is -3.54. The quantitative estimate of drug-likeness (QED) is 0.809. The Labute approximate surface area is 125 Å². The molecule has 0 saturated carbocycles. The molecule has 0 aliphatic carbocycles. The number of nitrogens with zero attached hydrogens (tertiary/aromatic N) is 1. The van der Waals surface area contributed by atoms with Gasteiger partial charge in [-0.15, -0.1) is 0 Å². The van der Waals surface area contributed by atoms with Crippen molar-refractivity contribution in [1.82, 2.24) is 15.0 Å². The third-order valence-corrected chi connectivity index (χ3v) is 4.38. The molecule has 6 heteroatoms. The molecule has 0 atom stereocenters. The highest BCUT2D eigenvalue weighted by atomic mass is 32.2. The van der Waals surface area contributed by atoms with E-state index in [1.165, 1.54) is 6.07 Å². The first kappa shape index (κ1) is 15.6. The van der Waals surface area contributed by atoms with Crippen LogP contribution in [0.3, 0.4) is 0 Å². The van der Waals surface area contributed by atoms with Crippen LogP contribution < -0.4 is 10.0 Å². The van der Waals surface area contributed by atoms with Crippen LogP contribution >= 0.6 is 0 Å². The van der Waals surface area contributed by atoms with E-state index in [0.29, 0.717) is 19.5 Å². The number of hydrogen-bond acceptors (Lipinski definition) is 4. The molecule has 5 nitrogen and oxygen atoms in total. The lowest BCUT2D eigenvalue weighted by atomic mass is 10.2. The SMILES string of the molecule is CNCc1ccc(S(=O)(=O)NCCc2ccccc2)nc1. The molecule has 0 radical (unpaired) electrons. The zero-order valence-corrected chi connectivity index (χ0v) is 12.7. The largest absolute Gasteiger partial charge is 0.316 e. The van der Waals surface area contributed by atoms with Gasteiger partial charge in [0.05, 0.1) is 0 Å². The van der Waals surface area contributed by atoms with Crippen molar-refractivity contribution in [2.24, 2.45) is 0 Å². The zero-order chi connectivity index (χ0) is 15.1. The Morgan fingerprint density at radius 2 is 1.81 bits per heavy atom. The molecule has 1 aromatic heterocycles. The van der Waals surface area contributed by atoms with Gasteiger partial charge in [0.1, 0.15) is 0 Å². The normalized spacial score (nSPS) is 11.5. The molecule has 2 rings (SSSR count). The minimum absolute atomic E-state index is 0.0513. The molecule has 0 aliphatic heterocycles. The second-order valence-electron chi connectivity index (χ2n) is 4.67. The van der Waals surface area contributed by atoms with E-state index in [-0.39, 0.29) is 5.03 Å². The van der Waals surface area contributed by atoms with E-state index in [9.17, 15) is 8.42 Å².